The zero-order chi connectivity index (χ0) is 20.5. The van der Waals surface area contributed by atoms with E-state index < -0.39 is 17.7 Å². The van der Waals surface area contributed by atoms with Gasteiger partial charge >= 0.3 is 6.09 Å². The van der Waals surface area contributed by atoms with Gasteiger partial charge < -0.3 is 10.1 Å². The van der Waals surface area contributed by atoms with Crippen molar-refractivity contribution in [2.75, 3.05) is 6.54 Å². The number of nitrogens with one attached hydrogen (secondary N) is 1. The monoisotopic (exact) mass is 406 g/mol. The summed E-state index contributed by atoms with van der Waals surface area (Å²) in [5.74, 6) is -0.243. The number of hydrogen-bond donors (Lipinski definition) is 1. The lowest BCUT2D eigenvalue weighted by molar-refractivity contribution is -0.131. The number of benzene rings is 1. The standard InChI is InChI=1S/C18H23ClN6O3/c1-11(13-9-12(19)5-6-14(13)25-10-20-22-23-25)21-16(26)15-7-8-24(15)17(27)28-18(2,3)4/h5-6,9-11,15H,7-8H2,1-4H3,(H,21,26)/t11?,15-/m0/s1. The molecule has 2 heterocycles. The molecular weight excluding hydrogens is 384 g/mol. The van der Waals surface area contributed by atoms with E-state index in [1.165, 1.54) is 15.9 Å². The maximum Gasteiger partial charge on any atom is 0.410 e. The second-order valence-corrected chi connectivity index (χ2v) is 8.10. The number of nitrogens with zero attached hydrogens (tertiary/aromatic N) is 5. The smallest absolute Gasteiger partial charge is 0.410 e. The first-order chi connectivity index (χ1) is 13.2. The average molecular weight is 407 g/mol. The van der Waals surface area contributed by atoms with Crippen molar-refractivity contribution in [1.29, 1.82) is 0 Å². The molecule has 2 atom stereocenters. The molecule has 3 rings (SSSR count). The third-order valence-electron chi connectivity index (χ3n) is 4.36. The van der Waals surface area contributed by atoms with Crippen LogP contribution < -0.4 is 5.32 Å². The van der Waals surface area contributed by atoms with E-state index in [-0.39, 0.29) is 11.9 Å². The lowest BCUT2D eigenvalue weighted by Gasteiger charge is -2.40. The fourth-order valence-corrected chi connectivity index (χ4v) is 3.12. The van der Waals surface area contributed by atoms with Crippen LogP contribution in [0.5, 0.6) is 0 Å². The highest BCUT2D eigenvalue weighted by Crippen LogP contribution is 2.26. The van der Waals surface area contributed by atoms with Crippen LogP contribution in [0.25, 0.3) is 5.69 Å². The molecule has 1 fully saturated rings. The third-order valence-corrected chi connectivity index (χ3v) is 4.60. The molecule has 10 heteroatoms. The van der Waals surface area contributed by atoms with Crippen LogP contribution >= 0.6 is 11.6 Å². The van der Waals surface area contributed by atoms with Crippen LogP contribution in [0.4, 0.5) is 4.79 Å². The van der Waals surface area contributed by atoms with E-state index in [0.717, 1.165) is 5.56 Å². The summed E-state index contributed by atoms with van der Waals surface area (Å²) in [5, 5.41) is 14.7. The van der Waals surface area contributed by atoms with Crippen molar-refractivity contribution < 1.29 is 14.3 Å². The molecule has 1 N–H and O–H groups in total. The Morgan fingerprint density at radius 1 is 1.36 bits per heavy atom. The third kappa shape index (κ3) is 4.41. The van der Waals surface area contributed by atoms with Crippen molar-refractivity contribution in [3.05, 3.63) is 35.1 Å². The van der Waals surface area contributed by atoms with Gasteiger partial charge in [-0.3, -0.25) is 9.69 Å². The number of amides is 2. The molecule has 9 nitrogen and oxygen atoms in total. The first-order valence-corrected chi connectivity index (χ1v) is 9.36. The predicted octanol–water partition coefficient (Wildman–Crippen LogP) is 2.50. The molecule has 2 aromatic rings. The van der Waals surface area contributed by atoms with Gasteiger partial charge in [0.05, 0.1) is 11.7 Å². The van der Waals surface area contributed by atoms with Gasteiger partial charge in [-0.05, 0) is 62.7 Å². The van der Waals surface area contributed by atoms with Crippen molar-refractivity contribution in [1.82, 2.24) is 30.4 Å². The summed E-state index contributed by atoms with van der Waals surface area (Å²) in [4.78, 5) is 26.4. The number of likely N-dealkylation sites (tertiary alicyclic amines) is 1. The summed E-state index contributed by atoms with van der Waals surface area (Å²) in [6, 6.07) is 4.36. The van der Waals surface area contributed by atoms with E-state index in [9.17, 15) is 9.59 Å². The van der Waals surface area contributed by atoms with Gasteiger partial charge in [-0.15, -0.1) is 5.10 Å². The summed E-state index contributed by atoms with van der Waals surface area (Å²) in [7, 11) is 0. The van der Waals surface area contributed by atoms with Crippen LogP contribution in [0.1, 0.15) is 45.7 Å². The fourth-order valence-electron chi connectivity index (χ4n) is 2.94. The summed E-state index contributed by atoms with van der Waals surface area (Å²) in [6.45, 7) is 7.72. The highest BCUT2D eigenvalue weighted by molar-refractivity contribution is 6.30. The number of hydrogen-bond acceptors (Lipinski definition) is 6. The average Bonchev–Trinajstić information content (AvgIpc) is 3.05. The Morgan fingerprint density at radius 3 is 2.68 bits per heavy atom. The zero-order valence-electron chi connectivity index (χ0n) is 16.2. The van der Waals surface area contributed by atoms with Gasteiger partial charge in [0.1, 0.15) is 18.0 Å². The number of halogens is 1. The first-order valence-electron chi connectivity index (χ1n) is 8.98. The van der Waals surface area contributed by atoms with Crippen LogP contribution in [0.3, 0.4) is 0 Å². The molecule has 0 aliphatic carbocycles. The van der Waals surface area contributed by atoms with Crippen molar-refractivity contribution in [2.24, 2.45) is 0 Å². The lowest BCUT2D eigenvalue weighted by atomic mass is 10.0. The van der Waals surface area contributed by atoms with Crippen LogP contribution in [-0.4, -0.2) is 55.3 Å². The fraction of sp³-hybridized carbons (Fsp3) is 0.500. The normalized spacial score (nSPS) is 17.6. The van der Waals surface area contributed by atoms with Crippen molar-refractivity contribution in [3.63, 3.8) is 0 Å². The van der Waals surface area contributed by atoms with Crippen LogP contribution in [0.2, 0.25) is 5.02 Å². The number of carbonyl (C=O) groups excluding carboxylic acids is 2. The van der Waals surface area contributed by atoms with Gasteiger partial charge in [0, 0.05) is 17.1 Å². The Labute approximate surface area is 168 Å². The van der Waals surface area contributed by atoms with Crippen molar-refractivity contribution in [3.8, 4) is 5.69 Å². The van der Waals surface area contributed by atoms with Gasteiger partial charge in [-0.25, -0.2) is 9.48 Å². The molecule has 150 valence electrons. The van der Waals surface area contributed by atoms with Crippen LogP contribution in [-0.2, 0) is 9.53 Å². The predicted molar refractivity (Wildman–Crippen MR) is 102 cm³/mol. The lowest BCUT2D eigenvalue weighted by Crippen LogP contribution is -2.59. The summed E-state index contributed by atoms with van der Waals surface area (Å²) in [5.41, 5.74) is 0.860. The minimum absolute atomic E-state index is 0.243. The quantitative estimate of drug-likeness (QED) is 0.836. The summed E-state index contributed by atoms with van der Waals surface area (Å²) < 4.78 is 6.86. The van der Waals surface area contributed by atoms with E-state index in [1.54, 1.807) is 39.0 Å². The second kappa shape index (κ2) is 7.75. The van der Waals surface area contributed by atoms with Gasteiger partial charge in [0.25, 0.3) is 0 Å². The maximum absolute atomic E-state index is 12.7. The molecule has 0 bridgehead atoms. The molecular formula is C18H23ClN6O3. The molecule has 1 aliphatic heterocycles. The number of tetrazole rings is 1. The minimum Gasteiger partial charge on any atom is -0.444 e. The van der Waals surface area contributed by atoms with E-state index in [4.69, 9.17) is 16.3 Å². The van der Waals surface area contributed by atoms with E-state index in [2.05, 4.69) is 20.8 Å². The highest BCUT2D eigenvalue weighted by atomic mass is 35.5. The number of aromatic nitrogens is 4. The Bertz CT molecular complexity index is 865. The molecule has 1 aliphatic rings. The second-order valence-electron chi connectivity index (χ2n) is 7.67. The summed E-state index contributed by atoms with van der Waals surface area (Å²) >= 11 is 6.14. The number of ether oxygens (including phenoxy) is 1. The first kappa shape index (κ1) is 20.1. The highest BCUT2D eigenvalue weighted by Gasteiger charge is 2.40. The maximum atomic E-state index is 12.7. The number of rotatable bonds is 4. The van der Waals surface area contributed by atoms with Gasteiger partial charge in [-0.1, -0.05) is 11.6 Å². The number of carbonyl (C=O) groups is 2. The Hall–Kier alpha value is -2.68. The van der Waals surface area contributed by atoms with Crippen LogP contribution in [0, 0.1) is 0 Å². The Morgan fingerprint density at radius 2 is 2.11 bits per heavy atom. The molecule has 1 unspecified atom stereocenters. The van der Waals surface area contributed by atoms with Gasteiger partial charge in [-0.2, -0.15) is 0 Å². The minimum atomic E-state index is -0.609. The molecule has 0 saturated carbocycles. The van der Waals surface area contributed by atoms with Gasteiger partial charge in [0.15, 0.2) is 0 Å². The topological polar surface area (TPSA) is 102 Å². The molecule has 28 heavy (non-hydrogen) atoms. The van der Waals surface area contributed by atoms with Crippen LogP contribution in [0.15, 0.2) is 24.5 Å². The Balaban J connectivity index is 1.72. The van der Waals surface area contributed by atoms with Crippen molar-refractivity contribution in [2.45, 2.75) is 51.8 Å². The van der Waals surface area contributed by atoms with E-state index >= 15 is 0 Å². The molecule has 1 aromatic carbocycles. The zero-order valence-corrected chi connectivity index (χ0v) is 17.0. The molecule has 1 saturated heterocycles. The SMILES string of the molecule is CC(NC(=O)[C@@H]1CCN1C(=O)OC(C)(C)C)c1cc(Cl)ccc1-n1cnnn1. The molecule has 0 spiro atoms. The summed E-state index contributed by atoms with van der Waals surface area (Å²) in [6.07, 6.45) is 1.58. The largest absolute Gasteiger partial charge is 0.444 e. The van der Waals surface area contributed by atoms with Crippen molar-refractivity contribution >= 4 is 23.6 Å². The molecule has 0 radical (unpaired) electrons. The molecule has 1 aromatic heterocycles. The van der Waals surface area contributed by atoms with Gasteiger partial charge in [0.2, 0.25) is 5.91 Å². The Kier molecular flexibility index (Phi) is 5.55. The molecule has 2 amide bonds. The van der Waals surface area contributed by atoms with E-state index in [1.807, 2.05) is 6.92 Å². The van der Waals surface area contributed by atoms with E-state index in [0.29, 0.717) is 23.7 Å².